The third-order valence-corrected chi connectivity index (χ3v) is 2.96. The molecule has 2 aromatic rings. The van der Waals surface area contributed by atoms with Crippen LogP contribution in [0.25, 0.3) is 0 Å². The molecule has 98 valence electrons. The normalized spacial score (nSPS) is 10.3. The van der Waals surface area contributed by atoms with Crippen LogP contribution >= 0.6 is 0 Å². The lowest BCUT2D eigenvalue weighted by Crippen LogP contribution is -2.07. The second-order valence-corrected chi connectivity index (χ2v) is 4.25. The summed E-state index contributed by atoms with van der Waals surface area (Å²) in [5.74, 6) is 0.0800. The molecule has 0 amide bonds. The van der Waals surface area contributed by atoms with Crippen molar-refractivity contribution in [3.63, 3.8) is 0 Å². The van der Waals surface area contributed by atoms with E-state index in [1.807, 2.05) is 0 Å². The second-order valence-electron chi connectivity index (χ2n) is 4.25. The van der Waals surface area contributed by atoms with Crippen LogP contribution in [0.5, 0.6) is 5.75 Å². The first-order chi connectivity index (χ1) is 9.11. The fourth-order valence-corrected chi connectivity index (χ4v) is 1.90. The van der Waals surface area contributed by atoms with Gasteiger partial charge in [-0.2, -0.15) is 0 Å². The Bertz CT molecular complexity index is 611. The Morgan fingerprint density at radius 3 is 2.84 bits per heavy atom. The lowest BCUT2D eigenvalue weighted by molar-refractivity contribution is 0.0989. The van der Waals surface area contributed by atoms with Gasteiger partial charge in [0, 0.05) is 12.6 Å². The highest BCUT2D eigenvalue weighted by Crippen LogP contribution is 2.19. The van der Waals surface area contributed by atoms with E-state index in [1.165, 1.54) is 25.4 Å². The number of aryl methyl sites for hydroxylation is 1. The molecule has 19 heavy (non-hydrogen) atoms. The van der Waals surface area contributed by atoms with E-state index >= 15 is 0 Å². The van der Waals surface area contributed by atoms with Gasteiger partial charge in [0.1, 0.15) is 11.6 Å². The SMILES string of the molecule is COc1cnccc1C(=O)Cc1ccc(F)cc1C. The number of hydrogen-bond donors (Lipinski definition) is 0. The largest absolute Gasteiger partial charge is 0.494 e. The minimum Gasteiger partial charge on any atom is -0.494 e. The first kappa shape index (κ1) is 13.2. The van der Waals surface area contributed by atoms with Crippen molar-refractivity contribution >= 4 is 5.78 Å². The van der Waals surface area contributed by atoms with Crippen LogP contribution in [-0.2, 0) is 6.42 Å². The van der Waals surface area contributed by atoms with E-state index < -0.39 is 0 Å². The first-order valence-electron chi connectivity index (χ1n) is 5.88. The maximum absolute atomic E-state index is 13.0. The highest BCUT2D eigenvalue weighted by molar-refractivity contribution is 5.99. The zero-order valence-corrected chi connectivity index (χ0v) is 10.8. The molecule has 0 aliphatic heterocycles. The van der Waals surface area contributed by atoms with E-state index in [-0.39, 0.29) is 18.0 Å². The van der Waals surface area contributed by atoms with Crippen LogP contribution < -0.4 is 4.74 Å². The van der Waals surface area contributed by atoms with Gasteiger partial charge in [0.05, 0.1) is 18.9 Å². The van der Waals surface area contributed by atoms with Crippen LogP contribution in [0.2, 0.25) is 0 Å². The Morgan fingerprint density at radius 1 is 1.37 bits per heavy atom. The number of ketones is 1. The number of pyridine rings is 1. The quantitative estimate of drug-likeness (QED) is 0.792. The smallest absolute Gasteiger partial charge is 0.171 e. The average molecular weight is 259 g/mol. The molecule has 0 saturated carbocycles. The van der Waals surface area contributed by atoms with Crippen molar-refractivity contribution < 1.29 is 13.9 Å². The molecule has 3 nitrogen and oxygen atoms in total. The minimum atomic E-state index is -0.296. The van der Waals surface area contributed by atoms with E-state index in [0.717, 1.165) is 11.1 Å². The Hall–Kier alpha value is -2.23. The van der Waals surface area contributed by atoms with Crippen molar-refractivity contribution in [3.05, 3.63) is 59.2 Å². The van der Waals surface area contributed by atoms with Crippen LogP contribution in [0.3, 0.4) is 0 Å². The van der Waals surface area contributed by atoms with Gasteiger partial charge >= 0.3 is 0 Å². The summed E-state index contributed by atoms with van der Waals surface area (Å²) in [5.41, 5.74) is 2.06. The van der Waals surface area contributed by atoms with Gasteiger partial charge in [-0.3, -0.25) is 9.78 Å². The van der Waals surface area contributed by atoms with E-state index in [0.29, 0.717) is 11.3 Å². The summed E-state index contributed by atoms with van der Waals surface area (Å²) < 4.78 is 18.1. The van der Waals surface area contributed by atoms with Crippen LogP contribution in [0.4, 0.5) is 4.39 Å². The number of benzene rings is 1. The third-order valence-electron chi connectivity index (χ3n) is 2.96. The highest BCUT2D eigenvalue weighted by atomic mass is 19.1. The summed E-state index contributed by atoms with van der Waals surface area (Å²) in [6, 6.07) is 6.04. The number of halogens is 1. The first-order valence-corrected chi connectivity index (χ1v) is 5.88. The summed E-state index contributed by atoms with van der Waals surface area (Å²) in [7, 11) is 1.50. The molecule has 0 spiro atoms. The van der Waals surface area contributed by atoms with Gasteiger partial charge in [-0.15, -0.1) is 0 Å². The molecule has 0 radical (unpaired) electrons. The predicted molar refractivity (Wildman–Crippen MR) is 70.0 cm³/mol. The fourth-order valence-electron chi connectivity index (χ4n) is 1.90. The molecule has 1 aromatic carbocycles. The molecule has 0 fully saturated rings. The van der Waals surface area contributed by atoms with E-state index in [4.69, 9.17) is 4.74 Å². The topological polar surface area (TPSA) is 39.2 Å². The molecule has 2 rings (SSSR count). The molecule has 0 atom stereocenters. The van der Waals surface area contributed by atoms with E-state index in [1.54, 1.807) is 25.3 Å². The molecular formula is C15H14FNO2. The molecule has 1 heterocycles. The number of methoxy groups -OCH3 is 1. The van der Waals surface area contributed by atoms with Crippen LogP contribution in [0, 0.1) is 12.7 Å². The van der Waals surface area contributed by atoms with Gasteiger partial charge in [-0.25, -0.2) is 4.39 Å². The van der Waals surface area contributed by atoms with Crippen LogP contribution in [0.1, 0.15) is 21.5 Å². The molecule has 0 N–H and O–H groups in total. The maximum Gasteiger partial charge on any atom is 0.171 e. The predicted octanol–water partition coefficient (Wildman–Crippen LogP) is 2.96. The molecule has 0 aliphatic rings. The molecule has 0 unspecified atom stereocenters. The summed E-state index contributed by atoms with van der Waals surface area (Å²) in [4.78, 5) is 16.1. The van der Waals surface area contributed by atoms with Crippen molar-refractivity contribution in [1.82, 2.24) is 4.98 Å². The van der Waals surface area contributed by atoms with Crippen molar-refractivity contribution in [1.29, 1.82) is 0 Å². The number of rotatable bonds is 4. The van der Waals surface area contributed by atoms with Gasteiger partial charge in [0.25, 0.3) is 0 Å². The number of ether oxygens (including phenoxy) is 1. The lowest BCUT2D eigenvalue weighted by atomic mass is 9.99. The molecule has 0 bridgehead atoms. The summed E-state index contributed by atoms with van der Waals surface area (Å²) in [5, 5.41) is 0. The van der Waals surface area contributed by atoms with Crippen molar-refractivity contribution in [3.8, 4) is 5.75 Å². The Kier molecular flexibility index (Phi) is 3.90. The maximum atomic E-state index is 13.0. The number of carbonyl (C=O) groups is 1. The minimum absolute atomic E-state index is 0.0750. The van der Waals surface area contributed by atoms with Crippen molar-refractivity contribution in [2.75, 3.05) is 7.11 Å². The summed E-state index contributed by atoms with van der Waals surface area (Å²) in [6.45, 7) is 1.79. The zero-order chi connectivity index (χ0) is 13.8. The Morgan fingerprint density at radius 2 is 2.16 bits per heavy atom. The van der Waals surface area contributed by atoms with Gasteiger partial charge in [-0.1, -0.05) is 6.07 Å². The number of carbonyl (C=O) groups excluding carboxylic acids is 1. The van der Waals surface area contributed by atoms with Gasteiger partial charge in [0.15, 0.2) is 5.78 Å². The van der Waals surface area contributed by atoms with E-state index in [2.05, 4.69) is 4.98 Å². The van der Waals surface area contributed by atoms with Crippen molar-refractivity contribution in [2.24, 2.45) is 0 Å². The van der Waals surface area contributed by atoms with Crippen LogP contribution in [0.15, 0.2) is 36.7 Å². The molecule has 1 aromatic heterocycles. The molecular weight excluding hydrogens is 245 g/mol. The number of hydrogen-bond acceptors (Lipinski definition) is 3. The average Bonchev–Trinajstić information content (AvgIpc) is 2.41. The lowest BCUT2D eigenvalue weighted by Gasteiger charge is -2.08. The fraction of sp³-hybridized carbons (Fsp3) is 0.200. The third kappa shape index (κ3) is 2.96. The van der Waals surface area contributed by atoms with Gasteiger partial charge in [0.2, 0.25) is 0 Å². The number of nitrogens with zero attached hydrogens (tertiary/aromatic N) is 1. The monoisotopic (exact) mass is 259 g/mol. The van der Waals surface area contributed by atoms with E-state index in [9.17, 15) is 9.18 Å². The van der Waals surface area contributed by atoms with Gasteiger partial charge in [-0.05, 0) is 36.2 Å². The molecule has 0 saturated heterocycles. The molecule has 0 aliphatic carbocycles. The molecule has 4 heteroatoms. The Labute approximate surface area is 111 Å². The van der Waals surface area contributed by atoms with Crippen LogP contribution in [-0.4, -0.2) is 17.9 Å². The second kappa shape index (κ2) is 5.61. The highest BCUT2D eigenvalue weighted by Gasteiger charge is 2.13. The number of aromatic nitrogens is 1. The summed E-state index contributed by atoms with van der Waals surface area (Å²) >= 11 is 0. The van der Waals surface area contributed by atoms with Crippen molar-refractivity contribution in [2.45, 2.75) is 13.3 Å². The standard InChI is InChI=1S/C15H14FNO2/c1-10-7-12(16)4-3-11(10)8-14(18)13-5-6-17-9-15(13)19-2/h3-7,9H,8H2,1-2H3. The van der Waals surface area contributed by atoms with Gasteiger partial charge < -0.3 is 4.74 Å². The number of Topliss-reactive ketones (excluding diaryl/α,β-unsaturated/α-hetero) is 1. The summed E-state index contributed by atoms with van der Waals surface area (Å²) in [6.07, 6.45) is 3.27. The zero-order valence-electron chi connectivity index (χ0n) is 10.8. The Balaban J connectivity index is 2.26.